The molecule has 2 heterocycles. The van der Waals surface area contributed by atoms with E-state index in [-0.39, 0.29) is 24.2 Å². The number of anilines is 1. The zero-order valence-corrected chi connectivity index (χ0v) is 22.6. The van der Waals surface area contributed by atoms with Gasteiger partial charge in [0, 0.05) is 45.5 Å². The molecule has 0 aliphatic carbocycles. The Morgan fingerprint density at radius 2 is 1.38 bits per heavy atom. The smallest absolute Gasteiger partial charge is 0.430 e. The molecule has 0 aromatic heterocycles. The standard InChI is InChI=1S/C25H27F6NO10/c1-11(33)38-10-18-19(39-12(2)34)20(40-13(3)35)21(41-14(4)36)22(42-18)32-8-7-15-9-16(5-6-17(15)32)23(37,24(26,27)28)25(29,30)31/h5-6,9,18-22,37H,7-8,10H2,1-4H3/t18-,19+,20+,21+,22-/m1/s1. The van der Waals surface area contributed by atoms with Crippen LogP contribution in [0.3, 0.4) is 0 Å². The summed E-state index contributed by atoms with van der Waals surface area (Å²) in [7, 11) is 0. The zero-order chi connectivity index (χ0) is 31.8. The first kappa shape index (κ1) is 32.9. The zero-order valence-electron chi connectivity index (χ0n) is 22.6. The number of halogens is 6. The maximum atomic E-state index is 13.5. The van der Waals surface area contributed by atoms with E-state index in [1.807, 2.05) is 0 Å². The van der Waals surface area contributed by atoms with Crippen LogP contribution in [0.4, 0.5) is 32.0 Å². The molecule has 2 aliphatic heterocycles. The summed E-state index contributed by atoms with van der Waals surface area (Å²) in [5, 5.41) is 9.82. The van der Waals surface area contributed by atoms with Gasteiger partial charge in [-0.2, -0.15) is 26.3 Å². The van der Waals surface area contributed by atoms with Gasteiger partial charge in [0.2, 0.25) is 0 Å². The third kappa shape index (κ3) is 6.56. The van der Waals surface area contributed by atoms with E-state index in [2.05, 4.69) is 0 Å². The van der Waals surface area contributed by atoms with Crippen LogP contribution in [0.5, 0.6) is 0 Å². The van der Waals surface area contributed by atoms with Crippen LogP contribution in [0.2, 0.25) is 0 Å². The summed E-state index contributed by atoms with van der Waals surface area (Å²) in [6.07, 6.45) is -19.7. The van der Waals surface area contributed by atoms with Crippen molar-refractivity contribution in [3.8, 4) is 0 Å². The van der Waals surface area contributed by atoms with E-state index in [9.17, 15) is 50.6 Å². The number of nitrogens with zero attached hydrogens (tertiary/aromatic N) is 1. The number of rotatable bonds is 7. The highest BCUT2D eigenvalue weighted by molar-refractivity contribution is 5.69. The molecule has 2 aliphatic rings. The molecule has 0 spiro atoms. The lowest BCUT2D eigenvalue weighted by molar-refractivity contribution is -0.376. The number of ether oxygens (including phenoxy) is 5. The van der Waals surface area contributed by atoms with Crippen LogP contribution in [-0.4, -0.2) is 85.1 Å². The van der Waals surface area contributed by atoms with Gasteiger partial charge in [-0.15, -0.1) is 0 Å². The summed E-state index contributed by atoms with van der Waals surface area (Å²) >= 11 is 0. The van der Waals surface area contributed by atoms with Gasteiger partial charge in [0.05, 0.1) is 0 Å². The number of alkyl halides is 6. The highest BCUT2D eigenvalue weighted by Crippen LogP contribution is 2.51. The van der Waals surface area contributed by atoms with Gasteiger partial charge in [-0.25, -0.2) is 0 Å². The van der Waals surface area contributed by atoms with Crippen LogP contribution < -0.4 is 4.90 Å². The predicted octanol–water partition coefficient (Wildman–Crippen LogP) is 2.44. The van der Waals surface area contributed by atoms with Crippen molar-refractivity contribution in [1.29, 1.82) is 0 Å². The lowest BCUT2D eigenvalue weighted by Crippen LogP contribution is -2.66. The Labute approximate surface area is 234 Å². The maximum Gasteiger partial charge on any atom is 0.430 e. The molecule has 17 heteroatoms. The summed E-state index contributed by atoms with van der Waals surface area (Å²) in [6.45, 7) is 3.46. The average Bonchev–Trinajstić information content (AvgIpc) is 3.25. The van der Waals surface area contributed by atoms with Crippen LogP contribution in [0, 0.1) is 0 Å². The number of esters is 4. The summed E-state index contributed by atoms with van der Waals surface area (Å²) < 4.78 is 108. The lowest BCUT2D eigenvalue weighted by atomic mass is 9.90. The van der Waals surface area contributed by atoms with Crippen molar-refractivity contribution < 1.29 is 74.3 Å². The van der Waals surface area contributed by atoms with E-state index in [0.717, 1.165) is 33.8 Å². The second-order valence-electron chi connectivity index (χ2n) is 9.58. The number of hydrogen-bond acceptors (Lipinski definition) is 11. The van der Waals surface area contributed by atoms with E-state index >= 15 is 0 Å². The van der Waals surface area contributed by atoms with Crippen molar-refractivity contribution in [3.63, 3.8) is 0 Å². The van der Waals surface area contributed by atoms with Gasteiger partial charge in [0.1, 0.15) is 12.7 Å². The Hall–Kier alpha value is -3.60. The van der Waals surface area contributed by atoms with Crippen molar-refractivity contribution in [3.05, 3.63) is 29.3 Å². The Morgan fingerprint density at radius 1 is 0.857 bits per heavy atom. The van der Waals surface area contributed by atoms with Crippen molar-refractivity contribution >= 4 is 29.6 Å². The summed E-state index contributed by atoms with van der Waals surface area (Å²) in [6, 6.07) is 1.90. The molecule has 42 heavy (non-hydrogen) atoms. The van der Waals surface area contributed by atoms with Crippen LogP contribution in [0.1, 0.15) is 38.8 Å². The number of hydrogen-bond donors (Lipinski definition) is 1. The largest absolute Gasteiger partial charge is 0.463 e. The van der Waals surface area contributed by atoms with Crippen molar-refractivity contribution in [2.24, 2.45) is 0 Å². The highest BCUT2D eigenvalue weighted by Gasteiger charge is 2.71. The van der Waals surface area contributed by atoms with Gasteiger partial charge in [-0.3, -0.25) is 19.2 Å². The Balaban J connectivity index is 2.11. The Morgan fingerprint density at radius 3 is 1.88 bits per heavy atom. The molecule has 0 unspecified atom stereocenters. The molecule has 1 saturated heterocycles. The molecule has 1 fully saturated rings. The van der Waals surface area contributed by atoms with Crippen molar-refractivity contribution in [2.45, 2.75) is 82.7 Å². The van der Waals surface area contributed by atoms with Crippen molar-refractivity contribution in [1.82, 2.24) is 0 Å². The van der Waals surface area contributed by atoms with Crippen LogP contribution in [0.25, 0.3) is 0 Å². The Bertz CT molecular complexity index is 1210. The predicted molar refractivity (Wildman–Crippen MR) is 125 cm³/mol. The van der Waals surface area contributed by atoms with Gasteiger partial charge in [0.15, 0.2) is 24.5 Å². The molecule has 3 rings (SSSR count). The molecular formula is C25H27F6NO10. The fraction of sp³-hybridized carbons (Fsp3) is 0.600. The molecule has 0 saturated carbocycles. The van der Waals surface area contributed by atoms with Crippen LogP contribution in [0.15, 0.2) is 18.2 Å². The monoisotopic (exact) mass is 615 g/mol. The average molecular weight is 615 g/mol. The van der Waals surface area contributed by atoms with E-state index in [0.29, 0.717) is 12.1 Å². The number of carbonyl (C=O) groups excluding carboxylic acids is 4. The second-order valence-corrected chi connectivity index (χ2v) is 9.58. The normalized spacial score (nSPS) is 24.5. The van der Waals surface area contributed by atoms with Crippen LogP contribution in [-0.2, 0) is 54.9 Å². The molecule has 0 bridgehead atoms. The minimum atomic E-state index is -6.10. The van der Waals surface area contributed by atoms with E-state index in [1.165, 1.54) is 4.90 Å². The van der Waals surface area contributed by atoms with E-state index in [4.69, 9.17) is 23.7 Å². The quantitative estimate of drug-likeness (QED) is 0.275. The van der Waals surface area contributed by atoms with Gasteiger partial charge in [-0.05, 0) is 18.1 Å². The first-order valence-electron chi connectivity index (χ1n) is 12.3. The minimum Gasteiger partial charge on any atom is -0.463 e. The fourth-order valence-electron chi connectivity index (χ4n) is 4.86. The number of aliphatic hydroxyl groups is 1. The molecule has 1 N–H and O–H groups in total. The third-order valence-corrected chi connectivity index (χ3v) is 6.52. The molecule has 1 aromatic carbocycles. The lowest BCUT2D eigenvalue weighted by Gasteiger charge is -2.47. The Kier molecular flexibility index (Phi) is 9.36. The molecule has 0 radical (unpaired) electrons. The molecule has 1 aromatic rings. The van der Waals surface area contributed by atoms with Gasteiger partial charge in [-0.1, -0.05) is 12.1 Å². The van der Waals surface area contributed by atoms with E-state index in [1.54, 1.807) is 0 Å². The first-order valence-corrected chi connectivity index (χ1v) is 12.3. The van der Waals surface area contributed by atoms with Crippen molar-refractivity contribution in [2.75, 3.05) is 18.1 Å². The van der Waals surface area contributed by atoms with E-state index < -0.39 is 84.6 Å². The fourth-order valence-corrected chi connectivity index (χ4v) is 4.86. The van der Waals surface area contributed by atoms with Gasteiger partial charge < -0.3 is 33.7 Å². The van der Waals surface area contributed by atoms with Gasteiger partial charge >= 0.3 is 36.2 Å². The number of benzene rings is 1. The number of carbonyl (C=O) groups is 4. The molecule has 11 nitrogen and oxygen atoms in total. The summed E-state index contributed by atoms with van der Waals surface area (Å²) in [5.41, 5.74) is -6.63. The summed E-state index contributed by atoms with van der Waals surface area (Å²) in [4.78, 5) is 48.8. The molecule has 234 valence electrons. The maximum absolute atomic E-state index is 13.5. The highest BCUT2D eigenvalue weighted by atomic mass is 19.4. The van der Waals surface area contributed by atoms with Gasteiger partial charge in [0.25, 0.3) is 5.60 Å². The first-order chi connectivity index (χ1) is 19.3. The third-order valence-electron chi connectivity index (χ3n) is 6.52. The topological polar surface area (TPSA) is 138 Å². The SMILES string of the molecule is CC(=O)OC[C@H]1O[C@@H](N2CCc3cc(C(O)(C(F)(F)F)C(F)(F)F)ccc32)[C@@H](OC(C)=O)[C@@H](OC(C)=O)[C@H]1OC(C)=O. The van der Waals surface area contributed by atoms with Crippen LogP contribution >= 0.6 is 0 Å². The number of fused-ring (bicyclic) bond motifs is 1. The summed E-state index contributed by atoms with van der Waals surface area (Å²) in [5.74, 6) is -3.43. The minimum absolute atomic E-state index is 0.0475. The molecule has 0 amide bonds. The second kappa shape index (κ2) is 11.9. The molecular weight excluding hydrogens is 588 g/mol. The molecule has 5 atom stereocenters.